The van der Waals surface area contributed by atoms with Crippen molar-refractivity contribution < 1.29 is 23.1 Å². The van der Waals surface area contributed by atoms with E-state index in [1.54, 1.807) is 6.92 Å². The Balaban J connectivity index is 2.57. The number of hydrogen-bond acceptors (Lipinski definition) is 2. The molecular weight excluding hydrogens is 223 g/mol. The average molecular weight is 239 g/mol. The van der Waals surface area contributed by atoms with Crippen molar-refractivity contribution in [3.8, 4) is 0 Å². The van der Waals surface area contributed by atoms with Gasteiger partial charge in [0.25, 0.3) is 0 Å². The summed E-state index contributed by atoms with van der Waals surface area (Å²) in [6.45, 7) is -0.321. The van der Waals surface area contributed by atoms with Crippen LogP contribution in [-0.4, -0.2) is 41.8 Å². The smallest absolute Gasteiger partial charge is 0.395 e. The lowest BCUT2D eigenvalue weighted by Crippen LogP contribution is -2.43. The number of amides is 1. The molecule has 0 bridgehead atoms. The van der Waals surface area contributed by atoms with Crippen LogP contribution in [0.1, 0.15) is 19.8 Å². The highest BCUT2D eigenvalue weighted by molar-refractivity contribution is 5.79. The zero-order valence-electron chi connectivity index (χ0n) is 9.13. The maximum Gasteiger partial charge on any atom is 0.406 e. The minimum Gasteiger partial charge on any atom is -0.395 e. The zero-order chi connectivity index (χ0) is 12.3. The molecule has 3 nitrogen and oxygen atoms in total. The molecule has 1 amide bonds. The number of carbonyl (C=O) groups is 1. The predicted molar refractivity (Wildman–Crippen MR) is 51.6 cm³/mol. The summed E-state index contributed by atoms with van der Waals surface area (Å²) >= 11 is 0. The molecule has 1 rings (SSSR count). The number of carbonyl (C=O) groups excluding carboxylic acids is 1. The lowest BCUT2D eigenvalue weighted by Gasteiger charge is -2.26. The van der Waals surface area contributed by atoms with Gasteiger partial charge in [-0.1, -0.05) is 6.92 Å². The highest BCUT2D eigenvalue weighted by Gasteiger charge is 2.38. The molecule has 0 aromatic carbocycles. The average Bonchev–Trinajstić information content (AvgIpc) is 2.96. The van der Waals surface area contributed by atoms with Crippen LogP contribution in [0.2, 0.25) is 0 Å². The van der Waals surface area contributed by atoms with E-state index in [-0.39, 0.29) is 18.4 Å². The zero-order valence-corrected chi connectivity index (χ0v) is 9.13. The quantitative estimate of drug-likeness (QED) is 0.788. The Morgan fingerprint density at radius 3 is 2.44 bits per heavy atom. The third-order valence-corrected chi connectivity index (χ3v) is 2.77. The molecule has 1 saturated carbocycles. The van der Waals surface area contributed by atoms with Crippen LogP contribution in [0, 0.1) is 11.8 Å². The molecule has 1 fully saturated rings. The standard InChI is InChI=1S/C10H16F3NO2/c1-7(8-2-3-8)9(16)14(4-5-15)6-10(11,12)13/h7-8,15H,2-6H2,1H3. The van der Waals surface area contributed by atoms with E-state index in [4.69, 9.17) is 5.11 Å². The van der Waals surface area contributed by atoms with Gasteiger partial charge < -0.3 is 10.0 Å². The van der Waals surface area contributed by atoms with Gasteiger partial charge in [0.2, 0.25) is 5.91 Å². The van der Waals surface area contributed by atoms with Crippen molar-refractivity contribution in [1.29, 1.82) is 0 Å². The number of rotatable bonds is 5. The van der Waals surface area contributed by atoms with Crippen LogP contribution < -0.4 is 0 Å². The van der Waals surface area contributed by atoms with Crippen LogP contribution in [0.4, 0.5) is 13.2 Å². The van der Waals surface area contributed by atoms with Crippen molar-refractivity contribution >= 4 is 5.91 Å². The van der Waals surface area contributed by atoms with Gasteiger partial charge in [-0.15, -0.1) is 0 Å². The summed E-state index contributed by atoms with van der Waals surface area (Å²) in [5.74, 6) is -0.648. The summed E-state index contributed by atoms with van der Waals surface area (Å²) in [6.07, 6.45) is -2.59. The van der Waals surface area contributed by atoms with E-state index < -0.39 is 25.2 Å². The van der Waals surface area contributed by atoms with Gasteiger partial charge in [-0.3, -0.25) is 4.79 Å². The molecule has 6 heteroatoms. The first kappa shape index (κ1) is 13.3. The van der Waals surface area contributed by atoms with Gasteiger partial charge in [0, 0.05) is 12.5 Å². The molecular formula is C10H16F3NO2. The summed E-state index contributed by atoms with van der Waals surface area (Å²) in [5.41, 5.74) is 0. The van der Waals surface area contributed by atoms with E-state index in [9.17, 15) is 18.0 Å². The summed E-state index contributed by atoms with van der Waals surface area (Å²) in [5, 5.41) is 8.66. The molecule has 0 aliphatic heterocycles. The molecule has 1 aliphatic rings. The van der Waals surface area contributed by atoms with Crippen LogP contribution in [0.5, 0.6) is 0 Å². The number of hydrogen-bond donors (Lipinski definition) is 1. The molecule has 0 spiro atoms. The fraction of sp³-hybridized carbons (Fsp3) is 0.900. The van der Waals surface area contributed by atoms with Crippen LogP contribution in [-0.2, 0) is 4.79 Å². The summed E-state index contributed by atoms with van der Waals surface area (Å²) < 4.78 is 36.6. The first-order valence-corrected chi connectivity index (χ1v) is 5.31. The molecule has 1 N–H and O–H groups in total. The van der Waals surface area contributed by atoms with Crippen molar-refractivity contribution in [3.63, 3.8) is 0 Å². The fourth-order valence-corrected chi connectivity index (χ4v) is 1.69. The van der Waals surface area contributed by atoms with E-state index in [1.165, 1.54) is 0 Å². The topological polar surface area (TPSA) is 40.5 Å². The molecule has 1 unspecified atom stereocenters. The van der Waals surface area contributed by atoms with Crippen molar-refractivity contribution in [2.24, 2.45) is 11.8 Å². The van der Waals surface area contributed by atoms with Gasteiger partial charge in [0.05, 0.1) is 6.61 Å². The number of nitrogens with zero attached hydrogens (tertiary/aromatic N) is 1. The normalized spacial score (nSPS) is 18.3. The fourth-order valence-electron chi connectivity index (χ4n) is 1.69. The monoisotopic (exact) mass is 239 g/mol. The minimum absolute atomic E-state index is 0.224. The van der Waals surface area contributed by atoms with Gasteiger partial charge in [-0.2, -0.15) is 13.2 Å². The Morgan fingerprint density at radius 1 is 1.50 bits per heavy atom. The summed E-state index contributed by atoms with van der Waals surface area (Å²) in [7, 11) is 0. The SMILES string of the molecule is CC(C(=O)N(CCO)CC(F)(F)F)C1CC1. The largest absolute Gasteiger partial charge is 0.406 e. The molecule has 0 saturated heterocycles. The minimum atomic E-state index is -4.41. The number of aliphatic hydroxyl groups is 1. The molecule has 0 aromatic rings. The Hall–Kier alpha value is -0.780. The lowest BCUT2D eigenvalue weighted by atomic mass is 10.0. The third kappa shape index (κ3) is 4.00. The summed E-state index contributed by atoms with van der Waals surface area (Å²) in [4.78, 5) is 12.4. The highest BCUT2D eigenvalue weighted by Crippen LogP contribution is 2.37. The van der Waals surface area contributed by atoms with Gasteiger partial charge >= 0.3 is 6.18 Å². The van der Waals surface area contributed by atoms with E-state index in [0.29, 0.717) is 4.90 Å². The van der Waals surface area contributed by atoms with Crippen molar-refractivity contribution in [1.82, 2.24) is 4.90 Å². The van der Waals surface area contributed by atoms with Gasteiger partial charge in [0.1, 0.15) is 6.54 Å². The first-order valence-electron chi connectivity index (χ1n) is 5.31. The molecule has 0 radical (unpaired) electrons. The Morgan fingerprint density at radius 2 is 2.06 bits per heavy atom. The number of alkyl halides is 3. The van der Waals surface area contributed by atoms with E-state index in [0.717, 1.165) is 12.8 Å². The molecule has 94 valence electrons. The Kier molecular flexibility index (Phi) is 4.18. The second-order valence-corrected chi connectivity index (χ2v) is 4.22. The van der Waals surface area contributed by atoms with Gasteiger partial charge in [0.15, 0.2) is 0 Å². The molecule has 0 aromatic heterocycles. The number of aliphatic hydroxyl groups excluding tert-OH is 1. The maximum atomic E-state index is 12.2. The van der Waals surface area contributed by atoms with Gasteiger partial charge in [-0.05, 0) is 18.8 Å². The summed E-state index contributed by atoms with van der Waals surface area (Å²) in [6, 6.07) is 0. The molecule has 16 heavy (non-hydrogen) atoms. The van der Waals surface area contributed by atoms with E-state index in [1.807, 2.05) is 0 Å². The molecule has 0 heterocycles. The number of halogens is 3. The van der Waals surface area contributed by atoms with Crippen LogP contribution in [0.3, 0.4) is 0 Å². The van der Waals surface area contributed by atoms with E-state index >= 15 is 0 Å². The maximum absolute atomic E-state index is 12.2. The van der Waals surface area contributed by atoms with Crippen molar-refractivity contribution in [2.75, 3.05) is 19.7 Å². The predicted octanol–water partition coefficient (Wildman–Crippen LogP) is 1.42. The molecule has 1 aliphatic carbocycles. The van der Waals surface area contributed by atoms with Crippen molar-refractivity contribution in [3.05, 3.63) is 0 Å². The van der Waals surface area contributed by atoms with Crippen molar-refractivity contribution in [2.45, 2.75) is 25.9 Å². The second-order valence-electron chi connectivity index (χ2n) is 4.22. The lowest BCUT2D eigenvalue weighted by molar-refractivity contribution is -0.164. The third-order valence-electron chi connectivity index (χ3n) is 2.77. The van der Waals surface area contributed by atoms with Crippen LogP contribution in [0.15, 0.2) is 0 Å². The molecule has 1 atom stereocenters. The highest BCUT2D eigenvalue weighted by atomic mass is 19.4. The van der Waals surface area contributed by atoms with E-state index in [2.05, 4.69) is 0 Å². The van der Waals surface area contributed by atoms with Crippen LogP contribution in [0.25, 0.3) is 0 Å². The van der Waals surface area contributed by atoms with Gasteiger partial charge in [-0.25, -0.2) is 0 Å². The Bertz CT molecular complexity index is 251. The first-order chi connectivity index (χ1) is 7.35. The van der Waals surface area contributed by atoms with Crippen LogP contribution >= 0.6 is 0 Å². The second kappa shape index (κ2) is 5.03. The Labute approximate surface area is 92.2 Å².